The number of carbonyl (C=O) groups excluding carboxylic acids is 2. The molecular weight excluding hydrogens is 308 g/mol. The molecule has 1 aliphatic heterocycles. The van der Waals surface area contributed by atoms with Crippen LogP contribution < -0.4 is 5.32 Å². The van der Waals surface area contributed by atoms with Crippen LogP contribution in [0.2, 0.25) is 0 Å². The van der Waals surface area contributed by atoms with Gasteiger partial charge in [0.2, 0.25) is 11.8 Å². The molecule has 2 atom stereocenters. The molecule has 0 aromatic carbocycles. The molecule has 1 saturated heterocycles. The second-order valence-corrected chi connectivity index (χ2v) is 7.42. The van der Waals surface area contributed by atoms with Crippen molar-refractivity contribution in [2.45, 2.75) is 39.3 Å². The highest BCUT2D eigenvalue weighted by Crippen LogP contribution is 2.26. The van der Waals surface area contributed by atoms with Crippen molar-refractivity contribution in [3.05, 3.63) is 0 Å². The van der Waals surface area contributed by atoms with E-state index in [1.165, 1.54) is 18.9 Å². The molecule has 0 aromatic rings. The van der Waals surface area contributed by atoms with Gasteiger partial charge in [-0.1, -0.05) is 20.8 Å². The lowest BCUT2D eigenvalue weighted by molar-refractivity contribution is -0.148. The molecule has 0 bridgehead atoms. The summed E-state index contributed by atoms with van der Waals surface area (Å²) in [7, 11) is 1.27. The van der Waals surface area contributed by atoms with Crippen LogP contribution in [0.15, 0.2) is 0 Å². The van der Waals surface area contributed by atoms with E-state index in [1.807, 2.05) is 20.8 Å². The Morgan fingerprint density at radius 3 is 2.55 bits per heavy atom. The van der Waals surface area contributed by atoms with Crippen molar-refractivity contribution in [3.63, 3.8) is 0 Å². The molecule has 126 valence electrons. The molecule has 7 nitrogen and oxygen atoms in total. The Labute approximate surface area is 134 Å². The maximum Gasteiger partial charge on any atom is 0.334 e. The van der Waals surface area contributed by atoms with E-state index in [0.717, 1.165) is 0 Å². The average molecular weight is 332 g/mol. The fourth-order valence-electron chi connectivity index (χ4n) is 2.04. The third-order valence-corrected chi connectivity index (χ3v) is 4.22. The van der Waals surface area contributed by atoms with Gasteiger partial charge in [-0.25, -0.2) is 4.79 Å². The normalized spacial score (nSPS) is 19.8. The van der Waals surface area contributed by atoms with Gasteiger partial charge in [0.25, 0.3) is 0 Å². The number of ether oxygens (including phenoxy) is 1. The molecule has 1 aliphatic rings. The second-order valence-electron chi connectivity index (χ2n) is 6.42. The van der Waals surface area contributed by atoms with E-state index in [4.69, 9.17) is 9.84 Å². The van der Waals surface area contributed by atoms with Gasteiger partial charge in [-0.15, -0.1) is 11.8 Å². The first kappa shape index (κ1) is 18.8. The van der Waals surface area contributed by atoms with E-state index >= 15 is 0 Å². The Bertz CT molecular complexity index is 435. The molecule has 8 heteroatoms. The van der Waals surface area contributed by atoms with Crippen molar-refractivity contribution in [2.75, 3.05) is 25.3 Å². The van der Waals surface area contributed by atoms with Gasteiger partial charge < -0.3 is 20.1 Å². The Morgan fingerprint density at radius 1 is 1.41 bits per heavy atom. The van der Waals surface area contributed by atoms with Crippen molar-refractivity contribution in [2.24, 2.45) is 5.41 Å². The monoisotopic (exact) mass is 332 g/mol. The molecule has 0 aromatic heterocycles. The summed E-state index contributed by atoms with van der Waals surface area (Å²) in [4.78, 5) is 36.9. The molecule has 1 heterocycles. The fourth-order valence-corrected chi connectivity index (χ4v) is 3.22. The van der Waals surface area contributed by atoms with Crippen LogP contribution in [0.5, 0.6) is 0 Å². The van der Waals surface area contributed by atoms with E-state index in [-0.39, 0.29) is 23.8 Å². The van der Waals surface area contributed by atoms with Gasteiger partial charge in [-0.05, 0) is 5.41 Å². The summed E-state index contributed by atoms with van der Waals surface area (Å²) in [6.45, 7) is 5.80. The minimum absolute atomic E-state index is 0.0563. The van der Waals surface area contributed by atoms with Crippen LogP contribution in [0.4, 0.5) is 0 Å². The average Bonchev–Trinajstić information content (AvgIpc) is 2.86. The Balaban J connectivity index is 2.60. The predicted octanol–water partition coefficient (Wildman–Crippen LogP) is 0.540. The zero-order valence-electron chi connectivity index (χ0n) is 13.4. The summed E-state index contributed by atoms with van der Waals surface area (Å²) >= 11 is 1.52. The van der Waals surface area contributed by atoms with E-state index in [9.17, 15) is 14.4 Å². The van der Waals surface area contributed by atoms with Crippen LogP contribution in [0.1, 0.15) is 27.2 Å². The topological polar surface area (TPSA) is 95.9 Å². The SMILES string of the molecule is COC(CNC(=O)C1CSCN1C(=O)CC(C)(C)C)C(=O)O. The van der Waals surface area contributed by atoms with E-state index in [2.05, 4.69) is 5.32 Å². The Kier molecular flexibility index (Phi) is 6.67. The number of carboxylic acids is 1. The molecule has 2 unspecified atom stereocenters. The smallest absolute Gasteiger partial charge is 0.334 e. The fraction of sp³-hybridized carbons (Fsp3) is 0.786. The first-order valence-electron chi connectivity index (χ1n) is 7.06. The van der Waals surface area contributed by atoms with Crippen molar-refractivity contribution < 1.29 is 24.2 Å². The summed E-state index contributed by atoms with van der Waals surface area (Å²) in [5.74, 6) is -0.523. The molecule has 0 radical (unpaired) electrons. The third-order valence-electron chi connectivity index (χ3n) is 3.21. The van der Waals surface area contributed by atoms with Gasteiger partial charge in [-0.3, -0.25) is 9.59 Å². The standard InChI is InChI=1S/C14H24N2O5S/c1-14(2,3)5-11(17)16-8-22-7-9(16)12(18)15-6-10(21-4)13(19)20/h9-10H,5-8H2,1-4H3,(H,15,18)(H,19,20). The maximum atomic E-state index is 12.3. The van der Waals surface area contributed by atoms with Gasteiger partial charge in [0.05, 0.1) is 12.4 Å². The van der Waals surface area contributed by atoms with E-state index in [0.29, 0.717) is 18.1 Å². The molecule has 0 saturated carbocycles. The van der Waals surface area contributed by atoms with Crippen LogP contribution >= 0.6 is 11.8 Å². The molecule has 0 aliphatic carbocycles. The van der Waals surface area contributed by atoms with E-state index in [1.54, 1.807) is 4.90 Å². The van der Waals surface area contributed by atoms with Gasteiger partial charge >= 0.3 is 5.97 Å². The number of thioether (sulfide) groups is 1. The van der Waals surface area contributed by atoms with Crippen molar-refractivity contribution in [1.82, 2.24) is 10.2 Å². The van der Waals surface area contributed by atoms with Crippen molar-refractivity contribution in [1.29, 1.82) is 0 Å². The zero-order valence-corrected chi connectivity index (χ0v) is 14.2. The lowest BCUT2D eigenvalue weighted by Gasteiger charge is -2.27. The number of aliphatic carboxylic acids is 1. The van der Waals surface area contributed by atoms with Crippen LogP contribution in [0, 0.1) is 5.41 Å². The van der Waals surface area contributed by atoms with Crippen LogP contribution in [-0.2, 0) is 19.1 Å². The van der Waals surface area contributed by atoms with Gasteiger partial charge in [0.15, 0.2) is 6.10 Å². The second kappa shape index (κ2) is 7.82. The lowest BCUT2D eigenvalue weighted by atomic mass is 9.91. The number of nitrogens with one attached hydrogen (secondary N) is 1. The zero-order chi connectivity index (χ0) is 16.9. The first-order valence-corrected chi connectivity index (χ1v) is 8.21. The Hall–Kier alpha value is -1.28. The van der Waals surface area contributed by atoms with Crippen molar-refractivity contribution >= 4 is 29.5 Å². The number of carboxylic acid groups (broad SMARTS) is 1. The van der Waals surface area contributed by atoms with Gasteiger partial charge in [0.1, 0.15) is 6.04 Å². The number of methoxy groups -OCH3 is 1. The summed E-state index contributed by atoms with van der Waals surface area (Å²) < 4.78 is 4.76. The van der Waals surface area contributed by atoms with Gasteiger partial charge in [-0.2, -0.15) is 0 Å². The molecular formula is C14H24N2O5S. The van der Waals surface area contributed by atoms with Crippen LogP contribution in [0.25, 0.3) is 0 Å². The molecule has 22 heavy (non-hydrogen) atoms. The number of hydrogen-bond donors (Lipinski definition) is 2. The molecule has 1 fully saturated rings. The van der Waals surface area contributed by atoms with Crippen LogP contribution in [-0.4, -0.2) is 65.2 Å². The van der Waals surface area contributed by atoms with E-state index < -0.39 is 18.1 Å². The highest BCUT2D eigenvalue weighted by Gasteiger charge is 2.36. The molecule has 1 rings (SSSR count). The molecule has 0 spiro atoms. The third kappa shape index (κ3) is 5.49. The summed E-state index contributed by atoms with van der Waals surface area (Å²) in [6.07, 6.45) is -0.718. The number of amides is 2. The first-order chi connectivity index (χ1) is 10.2. The highest BCUT2D eigenvalue weighted by molar-refractivity contribution is 7.99. The number of carbonyl (C=O) groups is 3. The molecule has 2 N–H and O–H groups in total. The predicted molar refractivity (Wildman–Crippen MR) is 83.5 cm³/mol. The highest BCUT2D eigenvalue weighted by atomic mass is 32.2. The lowest BCUT2D eigenvalue weighted by Crippen LogP contribution is -2.50. The minimum atomic E-state index is -1.13. The van der Waals surface area contributed by atoms with Crippen molar-refractivity contribution in [3.8, 4) is 0 Å². The maximum absolute atomic E-state index is 12.3. The van der Waals surface area contributed by atoms with Gasteiger partial charge in [0, 0.05) is 19.3 Å². The number of hydrogen-bond acceptors (Lipinski definition) is 5. The number of rotatable bonds is 6. The summed E-state index contributed by atoms with van der Waals surface area (Å²) in [5.41, 5.74) is -0.143. The molecule has 2 amide bonds. The Morgan fingerprint density at radius 2 is 2.05 bits per heavy atom. The minimum Gasteiger partial charge on any atom is -0.479 e. The quantitative estimate of drug-likeness (QED) is 0.737. The largest absolute Gasteiger partial charge is 0.479 e. The number of nitrogens with zero attached hydrogens (tertiary/aromatic N) is 1. The summed E-state index contributed by atoms with van der Waals surface area (Å²) in [6, 6.07) is -0.550. The van der Waals surface area contributed by atoms with Crippen LogP contribution in [0.3, 0.4) is 0 Å². The summed E-state index contributed by atoms with van der Waals surface area (Å²) in [5, 5.41) is 11.4.